The molecule has 122 valence electrons. The fourth-order valence-electron chi connectivity index (χ4n) is 1.64. The van der Waals surface area contributed by atoms with Crippen molar-refractivity contribution in [2.24, 2.45) is 0 Å². The first kappa shape index (κ1) is 18.5. The van der Waals surface area contributed by atoms with E-state index < -0.39 is 21.6 Å². The van der Waals surface area contributed by atoms with Crippen LogP contribution in [0, 0.1) is 0 Å². The molecule has 0 unspecified atom stereocenters. The van der Waals surface area contributed by atoms with Crippen LogP contribution in [-0.2, 0) is 14.8 Å². The second-order valence-electron chi connectivity index (χ2n) is 5.84. The monoisotopic (exact) mass is 345 g/mol. The SMILES string of the molecule is C=Cc1cc(C(=O)OC(C)(C)C)c(Cl)c(N(C)S(C)(=O)=O)c1. The van der Waals surface area contributed by atoms with Crippen molar-refractivity contribution < 1.29 is 17.9 Å². The van der Waals surface area contributed by atoms with Gasteiger partial charge in [-0.1, -0.05) is 24.3 Å². The highest BCUT2D eigenvalue weighted by atomic mass is 35.5. The molecule has 0 aliphatic rings. The van der Waals surface area contributed by atoms with E-state index in [4.69, 9.17) is 16.3 Å². The lowest BCUT2D eigenvalue weighted by Gasteiger charge is -2.23. The molecular formula is C15H20ClNO4S. The Morgan fingerprint density at radius 2 is 1.91 bits per heavy atom. The molecule has 0 N–H and O–H groups in total. The van der Waals surface area contributed by atoms with E-state index >= 15 is 0 Å². The normalized spacial score (nSPS) is 11.9. The molecule has 22 heavy (non-hydrogen) atoms. The van der Waals surface area contributed by atoms with Crippen LogP contribution in [0.5, 0.6) is 0 Å². The number of hydrogen-bond acceptors (Lipinski definition) is 4. The first-order chi connectivity index (χ1) is 9.86. The molecule has 0 heterocycles. The Labute approximate surface area is 136 Å². The van der Waals surface area contributed by atoms with Crippen molar-refractivity contribution in [3.63, 3.8) is 0 Å². The van der Waals surface area contributed by atoms with Crippen molar-refractivity contribution >= 4 is 39.4 Å². The maximum absolute atomic E-state index is 12.3. The van der Waals surface area contributed by atoms with Crippen LogP contribution in [-0.4, -0.2) is 33.3 Å². The molecule has 5 nitrogen and oxygen atoms in total. The number of ether oxygens (including phenoxy) is 1. The molecule has 1 rings (SSSR count). The summed E-state index contributed by atoms with van der Waals surface area (Å²) in [6, 6.07) is 3.06. The summed E-state index contributed by atoms with van der Waals surface area (Å²) >= 11 is 6.22. The number of sulfonamides is 1. The number of carbonyl (C=O) groups is 1. The first-order valence-electron chi connectivity index (χ1n) is 6.50. The highest BCUT2D eigenvalue weighted by molar-refractivity contribution is 7.92. The number of benzene rings is 1. The van der Waals surface area contributed by atoms with Gasteiger partial charge in [-0.3, -0.25) is 4.31 Å². The zero-order chi connectivity index (χ0) is 17.3. The number of anilines is 1. The molecule has 0 saturated carbocycles. The van der Waals surface area contributed by atoms with Gasteiger partial charge in [-0.25, -0.2) is 13.2 Å². The molecule has 7 heteroatoms. The number of halogens is 1. The summed E-state index contributed by atoms with van der Waals surface area (Å²) in [7, 11) is -2.16. The second-order valence-corrected chi connectivity index (χ2v) is 8.23. The molecule has 0 aliphatic carbocycles. The van der Waals surface area contributed by atoms with E-state index in [1.165, 1.54) is 19.2 Å². The van der Waals surface area contributed by atoms with E-state index in [0.29, 0.717) is 5.56 Å². The summed E-state index contributed by atoms with van der Waals surface area (Å²) in [5, 5.41) is 0.0211. The third-order valence-electron chi connectivity index (χ3n) is 2.77. The van der Waals surface area contributed by atoms with Gasteiger partial charge in [0.1, 0.15) is 5.60 Å². The number of esters is 1. The average Bonchev–Trinajstić information content (AvgIpc) is 2.35. The molecule has 0 amide bonds. The van der Waals surface area contributed by atoms with Gasteiger partial charge in [0, 0.05) is 7.05 Å². The standard InChI is InChI=1S/C15H20ClNO4S/c1-7-10-8-11(14(18)21-15(2,3)4)13(16)12(9-10)17(5)22(6,19)20/h7-9H,1H2,2-6H3. The Morgan fingerprint density at radius 3 is 2.32 bits per heavy atom. The summed E-state index contributed by atoms with van der Waals surface area (Å²) in [6.45, 7) is 8.84. The Kier molecular flexibility index (Phi) is 5.30. The summed E-state index contributed by atoms with van der Waals surface area (Å²) in [5.74, 6) is -0.621. The van der Waals surface area contributed by atoms with Crippen LogP contribution in [0.1, 0.15) is 36.7 Å². The van der Waals surface area contributed by atoms with Gasteiger partial charge in [0.05, 0.1) is 22.5 Å². The predicted octanol–water partition coefficient (Wildman–Crippen LogP) is 3.33. The fourth-order valence-corrected chi connectivity index (χ4v) is 2.50. The van der Waals surface area contributed by atoms with Crippen LogP contribution in [0.3, 0.4) is 0 Å². The topological polar surface area (TPSA) is 63.7 Å². The number of rotatable bonds is 4. The molecule has 0 spiro atoms. The van der Waals surface area contributed by atoms with Crippen molar-refractivity contribution in [2.45, 2.75) is 26.4 Å². The molecule has 0 atom stereocenters. The predicted molar refractivity (Wildman–Crippen MR) is 90.0 cm³/mol. The minimum absolute atomic E-state index is 0.0211. The largest absolute Gasteiger partial charge is 0.456 e. The lowest BCUT2D eigenvalue weighted by molar-refractivity contribution is 0.00697. The van der Waals surface area contributed by atoms with Crippen molar-refractivity contribution in [1.29, 1.82) is 0 Å². The van der Waals surface area contributed by atoms with E-state index in [1.807, 2.05) is 0 Å². The summed E-state index contributed by atoms with van der Waals surface area (Å²) in [5.41, 5.74) is 0.172. The van der Waals surface area contributed by atoms with Crippen molar-refractivity contribution in [2.75, 3.05) is 17.6 Å². The van der Waals surface area contributed by atoms with E-state index in [-0.39, 0.29) is 16.3 Å². The minimum Gasteiger partial charge on any atom is -0.456 e. The summed E-state index contributed by atoms with van der Waals surface area (Å²) in [6.07, 6.45) is 2.56. The maximum atomic E-state index is 12.3. The first-order valence-corrected chi connectivity index (χ1v) is 8.72. The Bertz CT molecular complexity index is 705. The maximum Gasteiger partial charge on any atom is 0.340 e. The molecule has 0 aromatic heterocycles. The van der Waals surface area contributed by atoms with Gasteiger partial charge in [-0.05, 0) is 38.5 Å². The van der Waals surface area contributed by atoms with E-state index in [2.05, 4.69) is 6.58 Å². The number of carbonyl (C=O) groups excluding carboxylic acids is 1. The fraction of sp³-hybridized carbons (Fsp3) is 0.400. The van der Waals surface area contributed by atoms with Crippen LogP contribution in [0.2, 0.25) is 5.02 Å². The van der Waals surface area contributed by atoms with Gasteiger partial charge in [-0.2, -0.15) is 0 Å². The van der Waals surface area contributed by atoms with Crippen LogP contribution in [0.15, 0.2) is 18.7 Å². The number of nitrogens with zero attached hydrogens (tertiary/aromatic N) is 1. The van der Waals surface area contributed by atoms with Crippen LogP contribution in [0.4, 0.5) is 5.69 Å². The minimum atomic E-state index is -3.52. The molecule has 0 radical (unpaired) electrons. The van der Waals surface area contributed by atoms with Crippen LogP contribution < -0.4 is 4.31 Å². The summed E-state index contributed by atoms with van der Waals surface area (Å²) in [4.78, 5) is 12.3. The van der Waals surface area contributed by atoms with Gasteiger partial charge >= 0.3 is 5.97 Å². The quantitative estimate of drug-likeness (QED) is 0.785. The van der Waals surface area contributed by atoms with Gasteiger partial charge in [-0.15, -0.1) is 0 Å². The number of hydrogen-bond donors (Lipinski definition) is 0. The summed E-state index contributed by atoms with van der Waals surface area (Å²) < 4.78 is 29.7. The van der Waals surface area contributed by atoms with Crippen molar-refractivity contribution in [3.8, 4) is 0 Å². The van der Waals surface area contributed by atoms with Crippen molar-refractivity contribution in [1.82, 2.24) is 0 Å². The molecule has 0 bridgehead atoms. The lowest BCUT2D eigenvalue weighted by atomic mass is 10.1. The third-order valence-corrected chi connectivity index (χ3v) is 4.36. The lowest BCUT2D eigenvalue weighted by Crippen LogP contribution is -2.27. The Hall–Kier alpha value is -1.53. The highest BCUT2D eigenvalue weighted by Crippen LogP contribution is 2.33. The molecule has 1 aromatic carbocycles. The molecule has 0 fully saturated rings. The van der Waals surface area contributed by atoms with E-state index in [9.17, 15) is 13.2 Å². The van der Waals surface area contributed by atoms with Gasteiger partial charge in [0.2, 0.25) is 10.0 Å². The van der Waals surface area contributed by atoms with Gasteiger partial charge in [0.25, 0.3) is 0 Å². The highest BCUT2D eigenvalue weighted by Gasteiger charge is 2.25. The van der Waals surface area contributed by atoms with Gasteiger partial charge < -0.3 is 4.74 Å². The Balaban J connectivity index is 3.48. The second kappa shape index (κ2) is 6.30. The molecule has 0 aliphatic heterocycles. The van der Waals surface area contributed by atoms with Gasteiger partial charge in [0.15, 0.2) is 0 Å². The molecule has 1 aromatic rings. The third kappa shape index (κ3) is 4.48. The van der Waals surface area contributed by atoms with E-state index in [0.717, 1.165) is 10.6 Å². The zero-order valence-corrected chi connectivity index (χ0v) is 14.9. The van der Waals surface area contributed by atoms with Crippen LogP contribution in [0.25, 0.3) is 6.08 Å². The zero-order valence-electron chi connectivity index (χ0n) is 13.3. The molecular weight excluding hydrogens is 326 g/mol. The molecule has 0 saturated heterocycles. The van der Waals surface area contributed by atoms with E-state index in [1.54, 1.807) is 26.8 Å². The van der Waals surface area contributed by atoms with Crippen LogP contribution >= 0.6 is 11.6 Å². The average molecular weight is 346 g/mol. The smallest absolute Gasteiger partial charge is 0.340 e. The Morgan fingerprint density at radius 1 is 1.36 bits per heavy atom. The van der Waals surface area contributed by atoms with Crippen molar-refractivity contribution in [3.05, 3.63) is 34.9 Å².